The second-order valence-corrected chi connectivity index (χ2v) is 23.0. The molecule has 3 aliphatic rings. The molecule has 19 nitrogen and oxygen atoms in total. The Bertz CT molecular complexity index is 3590. The lowest BCUT2D eigenvalue weighted by Gasteiger charge is -2.28. The van der Waals surface area contributed by atoms with E-state index in [2.05, 4.69) is 30.9 Å². The summed E-state index contributed by atoms with van der Waals surface area (Å²) < 4.78 is 68.5. The van der Waals surface area contributed by atoms with Gasteiger partial charge in [-0.05, 0) is 73.0 Å². The number of halogens is 2. The number of nitrogens with one attached hydrogen (secondary N) is 3. The van der Waals surface area contributed by atoms with Gasteiger partial charge in [-0.2, -0.15) is 0 Å². The zero-order valence-electron chi connectivity index (χ0n) is 42.5. The van der Waals surface area contributed by atoms with Gasteiger partial charge < -0.3 is 39.0 Å². The third-order valence-corrected chi connectivity index (χ3v) is 15.8. The minimum Gasteiger partial charge on any atom is -0.476 e. The van der Waals surface area contributed by atoms with Crippen LogP contribution in [0.2, 0.25) is 0 Å². The fourth-order valence-electron chi connectivity index (χ4n) is 10.3. The lowest BCUT2D eigenvalue weighted by atomic mass is 9.91. The van der Waals surface area contributed by atoms with E-state index in [0.717, 1.165) is 34.2 Å². The molecule has 0 spiro atoms. The van der Waals surface area contributed by atoms with E-state index in [1.54, 1.807) is 47.8 Å². The average molecular weight is 1080 g/mol. The highest BCUT2D eigenvalue weighted by Gasteiger charge is 2.46. The molecule has 1 fully saturated rings. The number of aliphatic imine (C=N–C) groups is 1. The second kappa shape index (κ2) is 20.7. The van der Waals surface area contributed by atoms with Crippen LogP contribution in [0.3, 0.4) is 0 Å². The number of unbranched alkanes of at least 4 members (excludes halogenated alkanes) is 2. The Hall–Kier alpha value is -7.34. The standard InChI is InChI=1S/C53H56F2N10O9S2/c1-28(2)44(51(68)65-24-35(66)18-41(65)48-60-53(4,74-62-48)33-12-10-30(11-13-33)47-29(3)59-27-75-47)42-20-43(61-73-42)72-15-9-7-8-14-56-50(67)36-19-40-37(16-31(36)26-76(6,70)71)38-25-63(5)52(69)46-45(38)32(21-57-46)23-64(40)49-39(55)17-34(54)22-58-49/h10-13,16-17,19-22,25,27-28,35,41,44,57,66H,7-9,14-15,18,23-24,26H2,1-6H3,(H,56,67)(H,60,62)/t35-,41-,44-,53-/m1/s1. The number of anilines is 2. The van der Waals surface area contributed by atoms with Gasteiger partial charge in [0.2, 0.25) is 11.6 Å². The number of ether oxygens (including phenoxy) is 1. The first kappa shape index (κ1) is 52.1. The van der Waals surface area contributed by atoms with Crippen LogP contribution in [0, 0.1) is 24.5 Å². The molecule has 4 atom stereocenters. The molecule has 23 heteroatoms. The number of amides is 2. The third-order valence-electron chi connectivity index (χ3n) is 14.0. The summed E-state index contributed by atoms with van der Waals surface area (Å²) in [5.41, 5.74) is 8.54. The highest BCUT2D eigenvalue weighted by atomic mass is 32.2. The molecule has 7 aromatic rings. The van der Waals surface area contributed by atoms with Gasteiger partial charge in [0.25, 0.3) is 17.3 Å². The average Bonchev–Trinajstić information content (AvgIpc) is 4.34. The van der Waals surface area contributed by atoms with Crippen LogP contribution < -0.4 is 26.0 Å². The number of nitrogens with zero attached hydrogens (tertiary/aromatic N) is 7. The lowest BCUT2D eigenvalue weighted by Crippen LogP contribution is -2.46. The maximum atomic E-state index is 15.6. The van der Waals surface area contributed by atoms with Gasteiger partial charge in [-0.1, -0.05) is 38.1 Å². The molecular formula is C53H56F2N10O9S2. The molecule has 0 bridgehead atoms. The lowest BCUT2D eigenvalue weighted by molar-refractivity contribution is -0.134. The third kappa shape index (κ3) is 10.2. The number of hydrogen-bond donors (Lipinski definition) is 4. The van der Waals surface area contributed by atoms with Gasteiger partial charge in [-0.3, -0.25) is 14.4 Å². The number of aryl methyl sites for hydroxylation is 2. The number of fused-ring (bicyclic) bond motifs is 2. The van der Waals surface area contributed by atoms with Crippen molar-refractivity contribution >= 4 is 61.2 Å². The first-order valence-corrected chi connectivity index (χ1v) is 27.7. The van der Waals surface area contributed by atoms with Gasteiger partial charge in [0.15, 0.2) is 27.2 Å². The number of likely N-dealkylation sites (tertiary alicyclic amines) is 1. The van der Waals surface area contributed by atoms with Crippen molar-refractivity contribution in [1.82, 2.24) is 40.4 Å². The maximum Gasteiger partial charge on any atom is 0.274 e. The minimum atomic E-state index is -3.70. The van der Waals surface area contributed by atoms with Gasteiger partial charge in [0.05, 0.1) is 59.0 Å². The molecule has 0 unspecified atom stereocenters. The molecule has 10 rings (SSSR count). The number of sulfone groups is 1. The van der Waals surface area contributed by atoms with E-state index < -0.39 is 56.9 Å². The van der Waals surface area contributed by atoms with Gasteiger partial charge in [0.1, 0.15) is 23.1 Å². The zero-order valence-corrected chi connectivity index (χ0v) is 44.2. The Morgan fingerprint density at radius 3 is 2.59 bits per heavy atom. The Morgan fingerprint density at radius 1 is 1.08 bits per heavy atom. The Morgan fingerprint density at radius 2 is 1.87 bits per heavy atom. The Kier molecular flexibility index (Phi) is 14.2. The molecule has 76 heavy (non-hydrogen) atoms. The summed E-state index contributed by atoms with van der Waals surface area (Å²) in [5.74, 6) is -3.46. The summed E-state index contributed by atoms with van der Waals surface area (Å²) >= 11 is 1.57. The summed E-state index contributed by atoms with van der Waals surface area (Å²) in [6.07, 6.45) is 6.33. The van der Waals surface area contributed by atoms with Crippen molar-refractivity contribution in [2.24, 2.45) is 18.0 Å². The number of hydroxylamine groups is 1. The van der Waals surface area contributed by atoms with Gasteiger partial charge in [0, 0.05) is 85.0 Å². The van der Waals surface area contributed by atoms with E-state index in [1.165, 1.54) is 15.5 Å². The first-order chi connectivity index (χ1) is 36.3. The fourth-order valence-corrected chi connectivity index (χ4v) is 11.9. The van der Waals surface area contributed by atoms with Crippen molar-refractivity contribution < 1.29 is 46.0 Å². The topological polar surface area (TPSA) is 239 Å². The number of amidine groups is 1. The van der Waals surface area contributed by atoms with Gasteiger partial charge in [-0.15, -0.1) is 11.3 Å². The molecule has 0 radical (unpaired) electrons. The number of hydrogen-bond acceptors (Lipinski definition) is 16. The predicted molar refractivity (Wildman–Crippen MR) is 281 cm³/mol. The number of benzene rings is 2. The van der Waals surface area contributed by atoms with Crippen LogP contribution in [-0.2, 0) is 44.5 Å². The van der Waals surface area contributed by atoms with Crippen LogP contribution in [0.5, 0.6) is 5.88 Å². The largest absolute Gasteiger partial charge is 0.476 e. The molecule has 0 saturated carbocycles. The molecule has 0 aliphatic carbocycles. The number of aliphatic hydroxyl groups excluding tert-OH is 1. The number of thiazole rings is 1. The van der Waals surface area contributed by atoms with Gasteiger partial charge >= 0.3 is 0 Å². The number of aromatic amines is 1. The Labute approximate surface area is 439 Å². The fraction of sp³-hybridized carbons (Fsp3) is 0.377. The van der Waals surface area contributed by atoms with E-state index in [-0.39, 0.29) is 78.4 Å². The first-order valence-electron chi connectivity index (χ1n) is 24.8. The molecule has 1 saturated heterocycles. The van der Waals surface area contributed by atoms with Crippen LogP contribution in [-0.4, -0.2) is 98.8 Å². The van der Waals surface area contributed by atoms with Crippen LogP contribution in [0.1, 0.15) is 90.9 Å². The smallest absolute Gasteiger partial charge is 0.274 e. The normalized spacial score (nSPS) is 18.7. The molecule has 8 heterocycles. The van der Waals surface area contributed by atoms with Crippen LogP contribution >= 0.6 is 11.3 Å². The van der Waals surface area contributed by atoms with E-state index in [0.29, 0.717) is 64.7 Å². The number of carbonyl (C=O) groups excluding carboxylic acids is 2. The van der Waals surface area contributed by atoms with Crippen LogP contribution in [0.4, 0.5) is 20.3 Å². The number of aromatic nitrogens is 5. The quantitative estimate of drug-likeness (QED) is 0.0655. The summed E-state index contributed by atoms with van der Waals surface area (Å²) in [6, 6.07) is 12.7. The van der Waals surface area contributed by atoms with E-state index >= 15 is 4.39 Å². The number of carbonyl (C=O) groups is 2. The Balaban J connectivity index is 0.778. The number of rotatable bonds is 17. The monoisotopic (exact) mass is 1080 g/mol. The molecule has 5 aromatic heterocycles. The second-order valence-electron chi connectivity index (χ2n) is 20.0. The van der Waals surface area contributed by atoms with Crippen molar-refractivity contribution in [3.63, 3.8) is 0 Å². The highest BCUT2D eigenvalue weighted by molar-refractivity contribution is 7.89. The number of H-pyrrole nitrogens is 1. The van der Waals surface area contributed by atoms with Crippen molar-refractivity contribution in [2.45, 2.75) is 89.5 Å². The summed E-state index contributed by atoms with van der Waals surface area (Å²) in [7, 11) is -2.12. The summed E-state index contributed by atoms with van der Waals surface area (Å²) in [6.45, 7) is 8.13. The predicted octanol–water partition coefficient (Wildman–Crippen LogP) is 7.31. The molecule has 3 aliphatic heterocycles. The molecule has 398 valence electrons. The zero-order chi connectivity index (χ0) is 53.8. The van der Waals surface area contributed by atoms with Crippen molar-refractivity contribution in [3.05, 3.63) is 128 Å². The molecule has 2 aromatic carbocycles. The minimum absolute atomic E-state index is 0.0235. The molecule has 4 N–H and O–H groups in total. The summed E-state index contributed by atoms with van der Waals surface area (Å²) in [4.78, 5) is 68.3. The van der Waals surface area contributed by atoms with Crippen LogP contribution in [0.25, 0.3) is 32.5 Å². The summed E-state index contributed by atoms with van der Waals surface area (Å²) in [5, 5.41) is 18.4. The number of pyridine rings is 2. The van der Waals surface area contributed by atoms with Crippen molar-refractivity contribution in [3.8, 4) is 27.4 Å². The SMILES string of the molecule is Cc1ncsc1-c1ccc([C@]2(C)N=C([C@H]3C[C@@H](O)CN3C(=O)[C@@H](c3cc(OCCCCCNC(=O)c4cc5c(cc4CS(C)(=O)=O)-c4cn(C)c(=O)c6[nH]cc(c46)CN5c4ncc(F)cc4F)no3)C(C)C)NO2)cc1. The van der Waals surface area contributed by atoms with E-state index in [9.17, 15) is 32.3 Å². The maximum absolute atomic E-state index is 15.6. The van der Waals surface area contributed by atoms with E-state index in [4.69, 9.17) is 19.1 Å². The van der Waals surface area contributed by atoms with Gasteiger partial charge in [-0.25, -0.2) is 42.5 Å². The molecular weight excluding hydrogens is 1020 g/mol. The number of aliphatic hydroxyl groups is 1. The van der Waals surface area contributed by atoms with E-state index in [1.807, 2.05) is 57.5 Å². The van der Waals surface area contributed by atoms with Crippen molar-refractivity contribution in [2.75, 3.05) is 30.9 Å². The van der Waals surface area contributed by atoms with Crippen LogP contribution in [0.15, 0.2) is 86.9 Å². The molecule has 2 amide bonds. The van der Waals surface area contributed by atoms with Crippen molar-refractivity contribution in [1.29, 1.82) is 0 Å². The number of β-amino-alcohol motifs (C(OH)–C–C–N with tert-alkyl or cyclic N) is 1. The highest BCUT2D eigenvalue weighted by Crippen LogP contribution is 2.45.